The van der Waals surface area contributed by atoms with Gasteiger partial charge in [0.25, 0.3) is 0 Å². The van der Waals surface area contributed by atoms with Crippen LogP contribution in [0.25, 0.3) is 0 Å². The molecule has 25 heavy (non-hydrogen) atoms. The predicted octanol–water partition coefficient (Wildman–Crippen LogP) is 0.379. The molecular weight excluding hydrogens is 332 g/mol. The van der Waals surface area contributed by atoms with Crippen molar-refractivity contribution in [3.05, 3.63) is 71.5 Å². The SMILES string of the molecule is CC1=CC2=Nc3cc(C)c(N)cc3[NH+](c3ccccc3)C2=CC1=N.[Cl-]. The Hall–Kier alpha value is -2.69. The Balaban J connectivity index is 0.00000182. The van der Waals surface area contributed by atoms with E-state index in [-0.39, 0.29) is 12.4 Å². The van der Waals surface area contributed by atoms with E-state index in [1.165, 1.54) is 0 Å². The molecule has 4 N–H and O–H groups in total. The van der Waals surface area contributed by atoms with Crippen molar-refractivity contribution in [2.24, 2.45) is 4.99 Å². The molecule has 0 amide bonds. The van der Waals surface area contributed by atoms with Gasteiger partial charge in [0.15, 0.2) is 11.4 Å². The average molecular weight is 351 g/mol. The molecule has 0 radical (unpaired) electrons. The smallest absolute Gasteiger partial charge is 0.169 e. The molecule has 0 fully saturated rings. The lowest BCUT2D eigenvalue weighted by Gasteiger charge is -2.28. The molecule has 2 aliphatic rings. The molecule has 1 heterocycles. The zero-order valence-corrected chi connectivity index (χ0v) is 14.9. The van der Waals surface area contributed by atoms with Crippen LogP contribution in [-0.4, -0.2) is 11.4 Å². The maximum absolute atomic E-state index is 8.19. The average Bonchev–Trinajstić information content (AvgIpc) is 2.57. The van der Waals surface area contributed by atoms with Gasteiger partial charge in [-0.25, -0.2) is 9.89 Å². The van der Waals surface area contributed by atoms with Crippen molar-refractivity contribution >= 4 is 34.2 Å². The van der Waals surface area contributed by atoms with E-state index in [1.54, 1.807) is 0 Å². The summed E-state index contributed by atoms with van der Waals surface area (Å²) >= 11 is 0. The van der Waals surface area contributed by atoms with Crippen LogP contribution in [0.3, 0.4) is 0 Å². The molecule has 5 heteroatoms. The highest BCUT2D eigenvalue weighted by Gasteiger charge is 2.34. The fraction of sp³-hybridized carbons (Fsp3) is 0.100. The molecule has 0 saturated heterocycles. The number of para-hydroxylation sites is 1. The summed E-state index contributed by atoms with van der Waals surface area (Å²) in [6.07, 6.45) is 3.91. The van der Waals surface area contributed by atoms with E-state index in [9.17, 15) is 0 Å². The molecular formula is C20H19ClN4. The van der Waals surface area contributed by atoms with Crippen LogP contribution in [0.15, 0.2) is 70.9 Å². The highest BCUT2D eigenvalue weighted by molar-refractivity contribution is 6.22. The summed E-state index contributed by atoms with van der Waals surface area (Å²) in [7, 11) is 0. The fourth-order valence-electron chi connectivity index (χ4n) is 3.18. The summed E-state index contributed by atoms with van der Waals surface area (Å²) in [4.78, 5) is 5.92. The lowest BCUT2D eigenvalue weighted by molar-refractivity contribution is -0.707. The zero-order valence-electron chi connectivity index (χ0n) is 14.1. The Bertz CT molecular complexity index is 955. The first-order valence-corrected chi connectivity index (χ1v) is 7.96. The van der Waals surface area contributed by atoms with Crippen LogP contribution in [0.1, 0.15) is 12.5 Å². The van der Waals surface area contributed by atoms with Gasteiger partial charge in [-0.3, -0.25) is 0 Å². The number of aryl methyl sites for hydroxylation is 1. The topological polar surface area (TPSA) is 66.7 Å². The van der Waals surface area contributed by atoms with Crippen molar-refractivity contribution < 1.29 is 17.3 Å². The van der Waals surface area contributed by atoms with Gasteiger partial charge in [0.05, 0.1) is 5.71 Å². The van der Waals surface area contributed by atoms with E-state index in [4.69, 9.17) is 16.1 Å². The molecule has 2 aromatic carbocycles. The third-order valence-electron chi connectivity index (χ3n) is 4.57. The van der Waals surface area contributed by atoms with E-state index in [1.807, 2.05) is 56.3 Å². The first-order valence-electron chi connectivity index (χ1n) is 7.96. The lowest BCUT2D eigenvalue weighted by atomic mass is 9.97. The Labute approximate surface area is 153 Å². The van der Waals surface area contributed by atoms with Crippen LogP contribution in [0.5, 0.6) is 0 Å². The van der Waals surface area contributed by atoms with Crippen LogP contribution in [0, 0.1) is 12.3 Å². The van der Waals surface area contributed by atoms with Gasteiger partial charge in [0.2, 0.25) is 0 Å². The van der Waals surface area contributed by atoms with E-state index in [2.05, 4.69) is 12.1 Å². The number of aliphatic imine (C=N–C) groups is 1. The number of hydrogen-bond donors (Lipinski definition) is 3. The summed E-state index contributed by atoms with van der Waals surface area (Å²) < 4.78 is 0. The van der Waals surface area contributed by atoms with Gasteiger partial charge in [-0.2, -0.15) is 0 Å². The van der Waals surface area contributed by atoms with Crippen molar-refractivity contribution in [1.29, 1.82) is 5.41 Å². The van der Waals surface area contributed by atoms with Crippen LogP contribution in [0.2, 0.25) is 0 Å². The third-order valence-corrected chi connectivity index (χ3v) is 4.57. The summed E-state index contributed by atoms with van der Waals surface area (Å²) in [5, 5.41) is 8.19. The monoisotopic (exact) mass is 350 g/mol. The van der Waals surface area contributed by atoms with E-state index >= 15 is 0 Å². The van der Waals surface area contributed by atoms with Crippen LogP contribution in [-0.2, 0) is 0 Å². The molecule has 0 spiro atoms. The number of nitrogens with two attached hydrogens (primary N) is 1. The molecule has 126 valence electrons. The number of quaternary nitrogens is 1. The highest BCUT2D eigenvalue weighted by atomic mass is 35.5. The molecule has 2 aromatic rings. The van der Waals surface area contributed by atoms with Gasteiger partial charge in [-0.05, 0) is 49.3 Å². The number of nitrogen functional groups attached to an aromatic ring is 1. The van der Waals surface area contributed by atoms with E-state index in [0.717, 1.165) is 50.2 Å². The minimum atomic E-state index is 0. The molecule has 4 rings (SSSR count). The van der Waals surface area contributed by atoms with E-state index < -0.39 is 0 Å². The number of benzene rings is 2. The zero-order chi connectivity index (χ0) is 16.8. The van der Waals surface area contributed by atoms with Gasteiger partial charge in [-0.1, -0.05) is 18.2 Å². The molecule has 4 nitrogen and oxygen atoms in total. The first-order chi connectivity index (χ1) is 11.5. The Morgan fingerprint density at radius 2 is 1.76 bits per heavy atom. The third kappa shape index (κ3) is 2.80. The van der Waals surface area contributed by atoms with Crippen molar-refractivity contribution in [1.82, 2.24) is 0 Å². The number of rotatable bonds is 1. The van der Waals surface area contributed by atoms with Crippen molar-refractivity contribution in [3.63, 3.8) is 0 Å². The fourth-order valence-corrected chi connectivity index (χ4v) is 3.18. The second-order valence-electron chi connectivity index (χ2n) is 6.26. The number of halogens is 1. The second-order valence-corrected chi connectivity index (χ2v) is 6.26. The minimum absolute atomic E-state index is 0. The quantitative estimate of drug-likeness (QED) is 0.505. The van der Waals surface area contributed by atoms with Crippen LogP contribution >= 0.6 is 0 Å². The van der Waals surface area contributed by atoms with Gasteiger partial charge in [0, 0.05) is 17.8 Å². The van der Waals surface area contributed by atoms with Gasteiger partial charge >= 0.3 is 0 Å². The number of allylic oxidation sites excluding steroid dienone is 3. The maximum atomic E-state index is 8.19. The van der Waals surface area contributed by atoms with Crippen molar-refractivity contribution in [2.45, 2.75) is 13.8 Å². The first kappa shape index (κ1) is 17.1. The maximum Gasteiger partial charge on any atom is 0.169 e. The summed E-state index contributed by atoms with van der Waals surface area (Å²) in [6, 6.07) is 14.3. The van der Waals surface area contributed by atoms with Crippen LogP contribution in [0.4, 0.5) is 22.7 Å². The number of nitrogens with one attached hydrogen (secondary N) is 2. The number of hydrogen-bond acceptors (Lipinski definition) is 3. The summed E-state index contributed by atoms with van der Waals surface area (Å²) in [5.41, 5.74) is 14.4. The van der Waals surface area contributed by atoms with Crippen LogP contribution < -0.4 is 23.0 Å². The Morgan fingerprint density at radius 1 is 1.04 bits per heavy atom. The summed E-state index contributed by atoms with van der Waals surface area (Å²) in [5.74, 6) is 0. The lowest BCUT2D eigenvalue weighted by Crippen LogP contribution is -3.01. The van der Waals surface area contributed by atoms with Crippen molar-refractivity contribution in [2.75, 3.05) is 5.73 Å². The summed E-state index contributed by atoms with van der Waals surface area (Å²) in [6.45, 7) is 3.95. The highest BCUT2D eigenvalue weighted by Crippen LogP contribution is 2.33. The molecule has 1 unspecified atom stereocenters. The van der Waals surface area contributed by atoms with Gasteiger partial charge in [-0.15, -0.1) is 0 Å². The van der Waals surface area contributed by atoms with Gasteiger partial charge in [0.1, 0.15) is 17.1 Å². The number of nitrogens with zero attached hydrogens (tertiary/aromatic N) is 1. The molecule has 0 bridgehead atoms. The van der Waals surface area contributed by atoms with Crippen molar-refractivity contribution in [3.8, 4) is 0 Å². The molecule has 0 saturated carbocycles. The predicted molar refractivity (Wildman–Crippen MR) is 99.0 cm³/mol. The molecule has 1 atom stereocenters. The standard InChI is InChI=1S/C20H18N4.ClH/c1-12-8-17-19(10-15(12)21)24(14-6-4-3-5-7-14)20-11-16(22)13(2)9-18(20)23-17;/h3-11,21H,22H2,1-2H3;1H. The number of anilines is 1. The Morgan fingerprint density at radius 3 is 2.48 bits per heavy atom. The normalized spacial score (nSPS) is 18.2. The second kappa shape index (κ2) is 6.31. The molecule has 1 aliphatic carbocycles. The number of fused-ring (bicyclic) bond motifs is 2. The van der Waals surface area contributed by atoms with E-state index in [0.29, 0.717) is 5.71 Å². The minimum Gasteiger partial charge on any atom is -1.00 e. The molecule has 1 aliphatic heterocycles. The largest absolute Gasteiger partial charge is 1.00 e. The Kier molecular flexibility index (Phi) is 4.33. The molecule has 0 aromatic heterocycles. The van der Waals surface area contributed by atoms with Gasteiger partial charge < -0.3 is 23.5 Å².